The maximum atomic E-state index is 12.8. The molecule has 0 spiro atoms. The van der Waals surface area contributed by atoms with Gasteiger partial charge in [-0.1, -0.05) is 5.21 Å². The van der Waals surface area contributed by atoms with Crippen molar-refractivity contribution in [3.05, 3.63) is 63.8 Å². The van der Waals surface area contributed by atoms with E-state index in [2.05, 4.69) is 35.8 Å². The Bertz CT molecular complexity index is 1380. The van der Waals surface area contributed by atoms with Crippen LogP contribution in [0.4, 0.5) is 11.5 Å². The molecule has 5 N–H and O–H groups in total. The van der Waals surface area contributed by atoms with Gasteiger partial charge in [-0.3, -0.25) is 14.9 Å². The number of carbonyl (C=O) groups excluding carboxylic acids is 1. The number of hydrazone groups is 1. The summed E-state index contributed by atoms with van der Waals surface area (Å²) in [5, 5.41) is 48.7. The third-order valence-corrected chi connectivity index (χ3v) is 4.32. The topological polar surface area (TPSA) is 221 Å². The van der Waals surface area contributed by atoms with Gasteiger partial charge in [0.05, 0.1) is 11.1 Å². The molecular weight excluding hydrogens is 438 g/mol. The lowest BCUT2D eigenvalue weighted by atomic mass is 10.1. The molecular formula is C18H13N9O6. The molecule has 0 radical (unpaired) electrons. The molecule has 0 aliphatic carbocycles. The highest BCUT2D eigenvalue weighted by molar-refractivity contribution is 5.99. The number of amides is 1. The van der Waals surface area contributed by atoms with Crippen LogP contribution in [-0.2, 0) is 0 Å². The van der Waals surface area contributed by atoms with Crippen molar-refractivity contribution in [3.8, 4) is 28.6 Å². The van der Waals surface area contributed by atoms with Crippen molar-refractivity contribution in [2.24, 2.45) is 5.10 Å². The molecule has 2 aromatic heterocycles. The second kappa shape index (κ2) is 8.42. The van der Waals surface area contributed by atoms with E-state index in [0.717, 1.165) is 17.0 Å². The van der Waals surface area contributed by atoms with E-state index >= 15 is 0 Å². The highest BCUT2D eigenvalue weighted by atomic mass is 16.6. The van der Waals surface area contributed by atoms with Gasteiger partial charge in [-0.15, -0.1) is 5.10 Å². The first kappa shape index (κ1) is 20.9. The minimum atomic E-state index is -0.792. The number of rotatable bonds is 6. The molecule has 0 atom stereocenters. The van der Waals surface area contributed by atoms with Crippen molar-refractivity contribution in [1.29, 1.82) is 0 Å². The average Bonchev–Trinajstić information content (AvgIpc) is 3.41. The Kier molecular flexibility index (Phi) is 5.34. The standard InChI is InChI=1S/C18H13N9O6/c19-16-17(24-33-23-16)26-15(9-1-4-11(5-2-9)27(31)32)14(21-25-26)18(30)22-20-8-10-3-6-12(28)7-13(10)29/h1-8,28-29H,(H2,19,23)(H,22,30). The number of carbonyl (C=O) groups is 1. The van der Waals surface area contributed by atoms with Gasteiger partial charge in [0.25, 0.3) is 11.6 Å². The van der Waals surface area contributed by atoms with Gasteiger partial charge >= 0.3 is 0 Å². The number of benzene rings is 2. The summed E-state index contributed by atoms with van der Waals surface area (Å²) in [6, 6.07) is 9.10. The fourth-order valence-corrected chi connectivity index (χ4v) is 2.78. The molecule has 2 aromatic carbocycles. The van der Waals surface area contributed by atoms with E-state index in [-0.39, 0.29) is 45.8 Å². The van der Waals surface area contributed by atoms with Gasteiger partial charge in [0.2, 0.25) is 11.6 Å². The molecule has 4 rings (SSSR count). The van der Waals surface area contributed by atoms with Crippen molar-refractivity contribution >= 4 is 23.6 Å². The number of aromatic nitrogens is 5. The van der Waals surface area contributed by atoms with Crippen LogP contribution >= 0.6 is 0 Å². The highest BCUT2D eigenvalue weighted by Crippen LogP contribution is 2.28. The zero-order valence-corrected chi connectivity index (χ0v) is 16.4. The zero-order valence-electron chi connectivity index (χ0n) is 16.4. The van der Waals surface area contributed by atoms with E-state index in [1.165, 1.54) is 36.4 Å². The number of nitrogens with zero attached hydrogens (tertiary/aromatic N) is 7. The first-order valence-electron chi connectivity index (χ1n) is 8.99. The molecule has 15 nitrogen and oxygen atoms in total. The van der Waals surface area contributed by atoms with Crippen molar-refractivity contribution in [1.82, 2.24) is 30.7 Å². The third-order valence-electron chi connectivity index (χ3n) is 4.32. The van der Waals surface area contributed by atoms with E-state index in [4.69, 9.17) is 5.73 Å². The highest BCUT2D eigenvalue weighted by Gasteiger charge is 2.25. The largest absolute Gasteiger partial charge is 0.508 e. The van der Waals surface area contributed by atoms with E-state index in [1.54, 1.807) is 0 Å². The van der Waals surface area contributed by atoms with E-state index < -0.39 is 10.8 Å². The fraction of sp³-hybridized carbons (Fsp3) is 0. The molecule has 33 heavy (non-hydrogen) atoms. The number of non-ortho nitro benzene ring substituents is 1. The van der Waals surface area contributed by atoms with Crippen LogP contribution in [0.15, 0.2) is 52.2 Å². The van der Waals surface area contributed by atoms with E-state index in [1.807, 2.05) is 0 Å². The molecule has 0 saturated carbocycles. The summed E-state index contributed by atoms with van der Waals surface area (Å²) in [5.41, 5.74) is 8.25. The van der Waals surface area contributed by atoms with Crippen LogP contribution in [0.25, 0.3) is 17.1 Å². The van der Waals surface area contributed by atoms with Crippen LogP contribution in [0, 0.1) is 10.1 Å². The fourth-order valence-electron chi connectivity index (χ4n) is 2.78. The number of nitrogens with one attached hydrogen (secondary N) is 1. The van der Waals surface area contributed by atoms with Crippen LogP contribution in [-0.4, -0.2) is 52.6 Å². The lowest BCUT2D eigenvalue weighted by molar-refractivity contribution is -0.384. The number of aromatic hydroxyl groups is 2. The van der Waals surface area contributed by atoms with Crippen molar-refractivity contribution in [2.45, 2.75) is 0 Å². The predicted molar refractivity (Wildman–Crippen MR) is 111 cm³/mol. The molecule has 0 unspecified atom stereocenters. The second-order valence-corrected chi connectivity index (χ2v) is 6.42. The van der Waals surface area contributed by atoms with Crippen molar-refractivity contribution in [3.63, 3.8) is 0 Å². The molecule has 0 aliphatic heterocycles. The summed E-state index contributed by atoms with van der Waals surface area (Å²) in [4.78, 5) is 23.2. The first-order chi connectivity index (χ1) is 15.8. The van der Waals surface area contributed by atoms with Crippen molar-refractivity contribution in [2.75, 3.05) is 5.73 Å². The number of phenolic OH excluding ortho intramolecular Hbond substituents is 2. The van der Waals surface area contributed by atoms with Crippen molar-refractivity contribution < 1.29 is 24.6 Å². The number of phenols is 2. The Hall–Kier alpha value is -5.34. The average molecular weight is 451 g/mol. The molecule has 166 valence electrons. The van der Waals surface area contributed by atoms with Crippen LogP contribution in [0.3, 0.4) is 0 Å². The summed E-state index contributed by atoms with van der Waals surface area (Å²) in [6.45, 7) is 0. The van der Waals surface area contributed by atoms with Crippen LogP contribution in [0.2, 0.25) is 0 Å². The number of nitro benzene ring substituents is 1. The maximum Gasteiger partial charge on any atom is 0.294 e. The maximum absolute atomic E-state index is 12.8. The summed E-state index contributed by atoms with van der Waals surface area (Å²) < 4.78 is 5.67. The normalized spacial score (nSPS) is 11.0. The van der Waals surface area contributed by atoms with Gasteiger partial charge < -0.3 is 15.9 Å². The van der Waals surface area contributed by atoms with Gasteiger partial charge in [-0.2, -0.15) is 9.78 Å². The summed E-state index contributed by atoms with van der Waals surface area (Å²) in [7, 11) is 0. The Labute approximate surface area is 182 Å². The van der Waals surface area contributed by atoms with Gasteiger partial charge in [0.1, 0.15) is 17.2 Å². The molecule has 0 fully saturated rings. The molecule has 0 bridgehead atoms. The summed E-state index contributed by atoms with van der Waals surface area (Å²) in [5.74, 6) is -1.36. The first-order valence-corrected chi connectivity index (χ1v) is 8.99. The number of nitrogens with two attached hydrogens (primary N) is 1. The second-order valence-electron chi connectivity index (χ2n) is 6.42. The summed E-state index contributed by atoms with van der Waals surface area (Å²) in [6.07, 6.45) is 1.15. The van der Waals surface area contributed by atoms with Crippen LogP contribution < -0.4 is 11.2 Å². The molecule has 1 amide bonds. The zero-order chi connectivity index (χ0) is 23.5. The molecule has 15 heteroatoms. The Morgan fingerprint density at radius 3 is 2.61 bits per heavy atom. The predicted octanol–water partition coefficient (Wildman–Crippen LogP) is 0.983. The number of hydrogen-bond acceptors (Lipinski definition) is 12. The van der Waals surface area contributed by atoms with Crippen LogP contribution in [0.5, 0.6) is 11.5 Å². The van der Waals surface area contributed by atoms with Gasteiger partial charge in [-0.05, 0) is 34.6 Å². The number of hydrogen-bond donors (Lipinski definition) is 4. The Morgan fingerprint density at radius 1 is 1.21 bits per heavy atom. The Balaban J connectivity index is 1.69. The smallest absolute Gasteiger partial charge is 0.294 e. The van der Waals surface area contributed by atoms with Crippen LogP contribution in [0.1, 0.15) is 16.1 Å². The molecule has 2 heterocycles. The third kappa shape index (κ3) is 4.13. The monoisotopic (exact) mass is 451 g/mol. The molecule has 4 aromatic rings. The lowest BCUT2D eigenvalue weighted by Gasteiger charge is -2.05. The Morgan fingerprint density at radius 2 is 1.97 bits per heavy atom. The SMILES string of the molecule is Nc1nonc1-n1nnc(C(=O)NN=Cc2ccc(O)cc2O)c1-c1ccc([N+](=O)[O-])cc1. The van der Waals surface area contributed by atoms with Gasteiger partial charge in [0, 0.05) is 29.3 Å². The lowest BCUT2D eigenvalue weighted by Crippen LogP contribution is -2.19. The summed E-state index contributed by atoms with van der Waals surface area (Å²) >= 11 is 0. The van der Waals surface area contributed by atoms with E-state index in [0.29, 0.717) is 5.56 Å². The van der Waals surface area contributed by atoms with Gasteiger partial charge in [0.15, 0.2) is 5.69 Å². The quantitative estimate of drug-likeness (QED) is 0.184. The van der Waals surface area contributed by atoms with Gasteiger partial charge in [-0.25, -0.2) is 10.1 Å². The molecule has 0 saturated heterocycles. The van der Waals surface area contributed by atoms with E-state index in [9.17, 15) is 25.1 Å². The number of anilines is 1. The minimum absolute atomic E-state index is 0.0487. The number of nitrogen functional groups attached to an aromatic ring is 1. The minimum Gasteiger partial charge on any atom is -0.508 e. The molecule has 0 aliphatic rings. The number of nitro groups is 1.